The molecule has 0 aromatic rings. The molecule has 0 fully saturated rings. The molecule has 0 aromatic carbocycles. The molecular weight excluding hydrogens is 268 g/mol. The van der Waals surface area contributed by atoms with Gasteiger partial charge in [0.15, 0.2) is 0 Å². The summed E-state index contributed by atoms with van der Waals surface area (Å²) in [4.78, 5) is 10.5. The Kier molecular flexibility index (Phi) is 16.0. The van der Waals surface area contributed by atoms with Gasteiger partial charge < -0.3 is 0 Å². The zero-order valence-electron chi connectivity index (χ0n) is 13.1. The maximum absolute atomic E-state index is 10.5. The van der Waals surface area contributed by atoms with Crippen LogP contribution in [0.5, 0.6) is 0 Å². The van der Waals surface area contributed by atoms with Crippen molar-refractivity contribution in [2.75, 3.05) is 0 Å². The lowest BCUT2D eigenvalue weighted by Crippen LogP contribution is -1.86. The summed E-state index contributed by atoms with van der Waals surface area (Å²) < 4.78 is 0. The molecule has 0 atom stereocenters. The van der Waals surface area contributed by atoms with Gasteiger partial charge in [0.2, 0.25) is 5.24 Å². The number of hydrogen-bond donors (Lipinski definition) is 0. The van der Waals surface area contributed by atoms with Crippen LogP contribution >= 0.6 is 11.6 Å². The standard InChI is InChI=1S/C18H31ClO/c1-2-3-4-5-6-7-8-9-10-11-12-13-14-15-16-17-18(19)20/h6-7,9-10H,2-5,8,11-17H2,1H3/b7-6-,10-9+. The fraction of sp³-hybridized carbons (Fsp3) is 0.722. The maximum atomic E-state index is 10.5. The molecule has 0 rings (SSSR count). The Morgan fingerprint density at radius 1 is 0.800 bits per heavy atom. The highest BCUT2D eigenvalue weighted by atomic mass is 35.5. The van der Waals surface area contributed by atoms with Gasteiger partial charge in [-0.1, -0.05) is 63.3 Å². The van der Waals surface area contributed by atoms with Crippen molar-refractivity contribution in [1.82, 2.24) is 0 Å². The molecule has 1 nitrogen and oxygen atoms in total. The van der Waals surface area contributed by atoms with E-state index in [0.717, 1.165) is 19.3 Å². The lowest BCUT2D eigenvalue weighted by molar-refractivity contribution is -0.111. The number of carbonyl (C=O) groups excluding carboxylic acids is 1. The second kappa shape index (κ2) is 16.5. The van der Waals surface area contributed by atoms with Gasteiger partial charge in [-0.2, -0.15) is 0 Å². The van der Waals surface area contributed by atoms with Gasteiger partial charge in [-0.05, 0) is 50.1 Å². The molecule has 0 saturated carbocycles. The number of unbranched alkanes of at least 4 members (excludes halogenated alkanes) is 8. The quantitative estimate of drug-likeness (QED) is 0.201. The summed E-state index contributed by atoms with van der Waals surface area (Å²) in [5.41, 5.74) is 0. The van der Waals surface area contributed by atoms with Gasteiger partial charge in [0, 0.05) is 6.42 Å². The lowest BCUT2D eigenvalue weighted by Gasteiger charge is -1.98. The van der Waals surface area contributed by atoms with Crippen LogP contribution in [0.1, 0.15) is 84.0 Å². The summed E-state index contributed by atoms with van der Waals surface area (Å²) in [6.45, 7) is 2.24. The second-order valence-electron chi connectivity index (χ2n) is 5.34. The molecule has 0 aliphatic heterocycles. The van der Waals surface area contributed by atoms with Crippen molar-refractivity contribution >= 4 is 16.8 Å². The van der Waals surface area contributed by atoms with Crippen molar-refractivity contribution < 1.29 is 4.79 Å². The molecule has 0 radical (unpaired) electrons. The minimum Gasteiger partial charge on any atom is -0.281 e. The van der Waals surface area contributed by atoms with Crippen molar-refractivity contribution in [3.8, 4) is 0 Å². The van der Waals surface area contributed by atoms with Gasteiger partial charge in [-0.25, -0.2) is 0 Å². The third-order valence-electron chi connectivity index (χ3n) is 3.32. The average molecular weight is 299 g/mol. The largest absolute Gasteiger partial charge is 0.281 e. The van der Waals surface area contributed by atoms with Crippen molar-refractivity contribution in [1.29, 1.82) is 0 Å². The molecule has 0 unspecified atom stereocenters. The molecule has 0 aliphatic carbocycles. The van der Waals surface area contributed by atoms with Crippen LogP contribution in [0.2, 0.25) is 0 Å². The highest BCUT2D eigenvalue weighted by Crippen LogP contribution is 2.08. The monoisotopic (exact) mass is 298 g/mol. The van der Waals surface area contributed by atoms with E-state index in [4.69, 9.17) is 11.6 Å². The summed E-state index contributed by atoms with van der Waals surface area (Å²) in [5.74, 6) is 0. The van der Waals surface area contributed by atoms with E-state index in [0.29, 0.717) is 6.42 Å². The van der Waals surface area contributed by atoms with Crippen LogP contribution in [-0.2, 0) is 4.79 Å². The summed E-state index contributed by atoms with van der Waals surface area (Å²) in [7, 11) is 0. The Hall–Kier alpha value is -0.560. The van der Waals surface area contributed by atoms with Gasteiger partial charge in [-0.3, -0.25) is 4.79 Å². The molecule has 0 aliphatic rings. The zero-order valence-corrected chi connectivity index (χ0v) is 13.8. The SMILES string of the molecule is CCCCC/C=C\C/C=C/CCCCCCCC(=O)Cl. The number of halogens is 1. The highest BCUT2D eigenvalue weighted by Gasteiger charge is 1.95. The molecule has 0 bridgehead atoms. The van der Waals surface area contributed by atoms with Crippen molar-refractivity contribution in [2.24, 2.45) is 0 Å². The van der Waals surface area contributed by atoms with Gasteiger partial charge >= 0.3 is 0 Å². The molecule has 20 heavy (non-hydrogen) atoms. The molecular formula is C18H31ClO. The molecule has 2 heteroatoms. The Labute approximate surface area is 130 Å². The van der Waals surface area contributed by atoms with Crippen molar-refractivity contribution in [3.63, 3.8) is 0 Å². The Balaban J connectivity index is 3.17. The molecule has 0 saturated heterocycles. The van der Waals surface area contributed by atoms with Crippen LogP contribution in [0.3, 0.4) is 0 Å². The van der Waals surface area contributed by atoms with Crippen LogP contribution in [0.15, 0.2) is 24.3 Å². The first kappa shape index (κ1) is 19.4. The first-order valence-electron chi connectivity index (χ1n) is 8.25. The summed E-state index contributed by atoms with van der Waals surface area (Å²) in [6, 6.07) is 0. The number of hydrogen-bond acceptors (Lipinski definition) is 1. The van der Waals surface area contributed by atoms with E-state index >= 15 is 0 Å². The van der Waals surface area contributed by atoms with Crippen molar-refractivity contribution in [2.45, 2.75) is 84.0 Å². The van der Waals surface area contributed by atoms with E-state index in [2.05, 4.69) is 31.2 Å². The van der Waals surface area contributed by atoms with E-state index in [1.807, 2.05) is 0 Å². The number of carbonyl (C=O) groups is 1. The molecule has 116 valence electrons. The first-order valence-corrected chi connectivity index (χ1v) is 8.63. The van der Waals surface area contributed by atoms with Crippen LogP contribution < -0.4 is 0 Å². The van der Waals surface area contributed by atoms with E-state index in [-0.39, 0.29) is 5.24 Å². The highest BCUT2D eigenvalue weighted by molar-refractivity contribution is 6.63. The topological polar surface area (TPSA) is 17.1 Å². The zero-order chi connectivity index (χ0) is 14.9. The summed E-state index contributed by atoms with van der Waals surface area (Å²) in [5, 5.41) is -0.198. The Morgan fingerprint density at radius 2 is 1.35 bits per heavy atom. The first-order chi connectivity index (χ1) is 9.77. The fourth-order valence-corrected chi connectivity index (χ4v) is 2.21. The maximum Gasteiger partial charge on any atom is 0.221 e. The number of allylic oxidation sites excluding steroid dienone is 4. The van der Waals surface area contributed by atoms with Crippen LogP contribution in [0.4, 0.5) is 0 Å². The molecule has 0 amide bonds. The summed E-state index contributed by atoms with van der Waals surface area (Å²) in [6.07, 6.45) is 22.9. The molecule has 0 spiro atoms. The van der Waals surface area contributed by atoms with Gasteiger partial charge in [0.1, 0.15) is 0 Å². The van der Waals surface area contributed by atoms with Crippen LogP contribution in [0.25, 0.3) is 0 Å². The molecule has 0 heterocycles. The van der Waals surface area contributed by atoms with Crippen LogP contribution in [-0.4, -0.2) is 5.24 Å². The molecule has 0 N–H and O–H groups in total. The number of rotatable bonds is 14. The third kappa shape index (κ3) is 17.4. The van der Waals surface area contributed by atoms with E-state index in [1.165, 1.54) is 51.4 Å². The Morgan fingerprint density at radius 3 is 1.95 bits per heavy atom. The van der Waals surface area contributed by atoms with Crippen LogP contribution in [0, 0.1) is 0 Å². The average Bonchev–Trinajstić information content (AvgIpc) is 2.43. The van der Waals surface area contributed by atoms with Gasteiger partial charge in [0.05, 0.1) is 0 Å². The van der Waals surface area contributed by atoms with E-state index < -0.39 is 0 Å². The second-order valence-corrected chi connectivity index (χ2v) is 5.76. The summed E-state index contributed by atoms with van der Waals surface area (Å²) >= 11 is 5.28. The predicted molar refractivity (Wildman–Crippen MR) is 90.2 cm³/mol. The van der Waals surface area contributed by atoms with E-state index in [9.17, 15) is 4.79 Å². The van der Waals surface area contributed by atoms with Crippen molar-refractivity contribution in [3.05, 3.63) is 24.3 Å². The predicted octanol–water partition coefficient (Wildman–Crippen LogP) is 6.57. The molecule has 0 aromatic heterocycles. The minimum atomic E-state index is -0.198. The van der Waals surface area contributed by atoms with Gasteiger partial charge in [0.25, 0.3) is 0 Å². The van der Waals surface area contributed by atoms with E-state index in [1.54, 1.807) is 0 Å². The van der Waals surface area contributed by atoms with Gasteiger partial charge in [-0.15, -0.1) is 0 Å². The normalized spacial score (nSPS) is 11.7. The smallest absolute Gasteiger partial charge is 0.221 e. The Bertz CT molecular complexity index is 269. The fourth-order valence-electron chi connectivity index (χ4n) is 2.08. The lowest BCUT2D eigenvalue weighted by atomic mass is 10.1. The third-order valence-corrected chi connectivity index (χ3v) is 3.51. The minimum absolute atomic E-state index is 0.198.